The van der Waals surface area contributed by atoms with Gasteiger partial charge < -0.3 is 9.84 Å². The summed E-state index contributed by atoms with van der Waals surface area (Å²) in [6, 6.07) is 6.82. The number of nitrogens with zero attached hydrogens (tertiary/aromatic N) is 2. The summed E-state index contributed by atoms with van der Waals surface area (Å²) in [7, 11) is 0. The molecule has 106 valence electrons. The molecule has 0 amide bonds. The van der Waals surface area contributed by atoms with Crippen LogP contribution >= 0.6 is 0 Å². The van der Waals surface area contributed by atoms with Crippen molar-refractivity contribution in [2.75, 3.05) is 6.54 Å². The van der Waals surface area contributed by atoms with Crippen molar-refractivity contribution in [1.82, 2.24) is 15.5 Å². The van der Waals surface area contributed by atoms with Crippen LogP contribution in [0.4, 0.5) is 4.39 Å². The zero-order chi connectivity index (χ0) is 13.9. The molecule has 1 saturated heterocycles. The van der Waals surface area contributed by atoms with E-state index in [1.807, 2.05) is 6.92 Å². The number of piperidine rings is 1. The molecule has 0 radical (unpaired) electrons. The SMILES string of the molecule is Cc1noc(C(c2ccc(F)cc2)C2CCCCN2)n1. The smallest absolute Gasteiger partial charge is 0.235 e. The number of hydrogen-bond donors (Lipinski definition) is 1. The van der Waals surface area contributed by atoms with Crippen LogP contribution < -0.4 is 5.32 Å². The highest BCUT2D eigenvalue weighted by Crippen LogP contribution is 2.31. The van der Waals surface area contributed by atoms with Crippen LogP contribution in [0.1, 0.15) is 42.5 Å². The number of benzene rings is 1. The summed E-state index contributed by atoms with van der Waals surface area (Å²) in [6.07, 6.45) is 3.43. The first-order valence-electron chi connectivity index (χ1n) is 7.03. The Morgan fingerprint density at radius 3 is 2.70 bits per heavy atom. The van der Waals surface area contributed by atoms with Crippen molar-refractivity contribution >= 4 is 0 Å². The van der Waals surface area contributed by atoms with Gasteiger partial charge in [-0.25, -0.2) is 4.39 Å². The van der Waals surface area contributed by atoms with Crippen molar-refractivity contribution in [3.8, 4) is 0 Å². The van der Waals surface area contributed by atoms with Gasteiger partial charge in [0.2, 0.25) is 5.89 Å². The van der Waals surface area contributed by atoms with Gasteiger partial charge in [0.25, 0.3) is 0 Å². The summed E-state index contributed by atoms with van der Waals surface area (Å²) in [5.74, 6) is 0.986. The van der Waals surface area contributed by atoms with Gasteiger partial charge in [-0.3, -0.25) is 0 Å². The van der Waals surface area contributed by atoms with E-state index in [0.717, 1.165) is 18.5 Å². The lowest BCUT2D eigenvalue weighted by Gasteiger charge is -2.29. The molecular formula is C15H18FN3O. The van der Waals surface area contributed by atoms with Crippen LogP contribution in [0, 0.1) is 12.7 Å². The average molecular weight is 275 g/mol. The molecule has 1 N–H and O–H groups in total. The maximum atomic E-state index is 13.1. The molecule has 1 fully saturated rings. The van der Waals surface area contributed by atoms with Gasteiger partial charge in [-0.05, 0) is 44.0 Å². The lowest BCUT2D eigenvalue weighted by Crippen LogP contribution is -2.39. The van der Waals surface area contributed by atoms with Crippen LogP contribution in [0.5, 0.6) is 0 Å². The highest BCUT2D eigenvalue weighted by Gasteiger charge is 2.30. The summed E-state index contributed by atoms with van der Waals surface area (Å²) >= 11 is 0. The summed E-state index contributed by atoms with van der Waals surface area (Å²) in [6.45, 7) is 2.80. The van der Waals surface area contributed by atoms with Crippen LogP contribution in [0.25, 0.3) is 0 Å². The van der Waals surface area contributed by atoms with E-state index in [1.54, 1.807) is 12.1 Å². The zero-order valence-electron chi connectivity index (χ0n) is 11.5. The zero-order valence-corrected chi connectivity index (χ0v) is 11.5. The van der Waals surface area contributed by atoms with E-state index in [0.29, 0.717) is 11.7 Å². The second-order valence-electron chi connectivity index (χ2n) is 5.27. The van der Waals surface area contributed by atoms with Gasteiger partial charge in [-0.15, -0.1) is 0 Å². The maximum absolute atomic E-state index is 13.1. The fourth-order valence-corrected chi connectivity index (χ4v) is 2.82. The molecule has 0 bridgehead atoms. The van der Waals surface area contributed by atoms with Crippen molar-refractivity contribution in [2.24, 2.45) is 0 Å². The highest BCUT2D eigenvalue weighted by molar-refractivity contribution is 5.27. The lowest BCUT2D eigenvalue weighted by molar-refractivity contribution is 0.304. The third-order valence-electron chi connectivity index (χ3n) is 3.79. The second kappa shape index (κ2) is 5.71. The normalized spacial score (nSPS) is 20.8. The Labute approximate surface area is 117 Å². The molecule has 2 unspecified atom stereocenters. The Morgan fingerprint density at radius 1 is 1.30 bits per heavy atom. The molecule has 2 heterocycles. The van der Waals surface area contributed by atoms with Gasteiger partial charge >= 0.3 is 0 Å². The summed E-state index contributed by atoms with van der Waals surface area (Å²) in [4.78, 5) is 4.37. The fourth-order valence-electron chi connectivity index (χ4n) is 2.82. The van der Waals surface area contributed by atoms with E-state index >= 15 is 0 Å². The summed E-state index contributed by atoms with van der Waals surface area (Å²) < 4.78 is 18.5. The van der Waals surface area contributed by atoms with E-state index in [4.69, 9.17) is 4.52 Å². The van der Waals surface area contributed by atoms with Gasteiger partial charge in [0.15, 0.2) is 5.82 Å². The largest absolute Gasteiger partial charge is 0.339 e. The maximum Gasteiger partial charge on any atom is 0.235 e. The van der Waals surface area contributed by atoms with Crippen LogP contribution in [-0.4, -0.2) is 22.7 Å². The molecule has 0 spiro atoms. The number of nitrogens with one attached hydrogen (secondary N) is 1. The predicted octanol–water partition coefficient (Wildman–Crippen LogP) is 2.79. The van der Waals surface area contributed by atoms with Gasteiger partial charge in [-0.2, -0.15) is 4.98 Å². The van der Waals surface area contributed by atoms with Crippen LogP contribution in [0.2, 0.25) is 0 Å². The molecule has 2 aromatic rings. The molecule has 0 aliphatic carbocycles. The van der Waals surface area contributed by atoms with E-state index in [9.17, 15) is 4.39 Å². The quantitative estimate of drug-likeness (QED) is 0.935. The molecule has 5 heteroatoms. The number of rotatable bonds is 3. The van der Waals surface area contributed by atoms with Gasteiger partial charge in [0.05, 0.1) is 5.92 Å². The monoisotopic (exact) mass is 275 g/mol. The van der Waals surface area contributed by atoms with Gasteiger partial charge in [0.1, 0.15) is 5.82 Å². The fraction of sp³-hybridized carbons (Fsp3) is 0.467. The molecular weight excluding hydrogens is 257 g/mol. The third-order valence-corrected chi connectivity index (χ3v) is 3.79. The number of aromatic nitrogens is 2. The van der Waals surface area contributed by atoms with Crippen LogP contribution in [-0.2, 0) is 0 Å². The van der Waals surface area contributed by atoms with Crippen molar-refractivity contribution in [2.45, 2.75) is 38.1 Å². The Hall–Kier alpha value is -1.75. The van der Waals surface area contributed by atoms with Crippen molar-refractivity contribution in [1.29, 1.82) is 0 Å². The summed E-state index contributed by atoms with van der Waals surface area (Å²) in [5, 5.41) is 7.41. The standard InChI is InChI=1S/C15H18FN3O/c1-10-18-15(20-19-10)14(13-4-2-3-9-17-13)11-5-7-12(16)8-6-11/h5-8,13-14,17H,2-4,9H2,1H3. The molecule has 2 atom stereocenters. The minimum Gasteiger partial charge on any atom is -0.339 e. The topological polar surface area (TPSA) is 51.0 Å². The van der Waals surface area contributed by atoms with Crippen LogP contribution in [0.15, 0.2) is 28.8 Å². The first-order valence-corrected chi connectivity index (χ1v) is 7.03. The number of hydrogen-bond acceptors (Lipinski definition) is 4. The van der Waals surface area contributed by atoms with Crippen LogP contribution in [0.3, 0.4) is 0 Å². The Bertz CT molecular complexity index is 561. The molecule has 1 aliphatic rings. The molecule has 1 aromatic heterocycles. The second-order valence-corrected chi connectivity index (χ2v) is 5.27. The molecule has 3 rings (SSSR count). The Kier molecular flexibility index (Phi) is 3.78. The van der Waals surface area contributed by atoms with Crippen molar-refractivity contribution in [3.05, 3.63) is 47.4 Å². The first kappa shape index (κ1) is 13.2. The Balaban J connectivity index is 1.95. The number of aryl methyl sites for hydroxylation is 1. The summed E-state index contributed by atoms with van der Waals surface area (Å²) in [5.41, 5.74) is 1.01. The molecule has 20 heavy (non-hydrogen) atoms. The molecule has 1 aromatic carbocycles. The van der Waals surface area contributed by atoms with Crippen molar-refractivity contribution < 1.29 is 8.91 Å². The molecule has 1 aliphatic heterocycles. The minimum atomic E-state index is -0.231. The average Bonchev–Trinajstić information content (AvgIpc) is 2.89. The molecule has 0 saturated carbocycles. The highest BCUT2D eigenvalue weighted by atomic mass is 19.1. The van der Waals surface area contributed by atoms with E-state index < -0.39 is 0 Å². The van der Waals surface area contributed by atoms with E-state index in [2.05, 4.69) is 15.5 Å². The predicted molar refractivity (Wildman–Crippen MR) is 72.9 cm³/mol. The Morgan fingerprint density at radius 2 is 2.10 bits per heavy atom. The number of halogens is 1. The van der Waals surface area contributed by atoms with Gasteiger partial charge in [-0.1, -0.05) is 23.7 Å². The molecule has 4 nitrogen and oxygen atoms in total. The minimum absolute atomic E-state index is 0.0166. The lowest BCUT2D eigenvalue weighted by atomic mass is 9.86. The van der Waals surface area contributed by atoms with Gasteiger partial charge in [0, 0.05) is 6.04 Å². The third kappa shape index (κ3) is 2.72. The van der Waals surface area contributed by atoms with E-state index in [1.165, 1.54) is 25.0 Å². The first-order chi connectivity index (χ1) is 9.74. The van der Waals surface area contributed by atoms with E-state index in [-0.39, 0.29) is 17.8 Å². The van der Waals surface area contributed by atoms with Crippen molar-refractivity contribution in [3.63, 3.8) is 0 Å².